The van der Waals surface area contributed by atoms with Crippen molar-refractivity contribution in [3.05, 3.63) is 71.8 Å². The first-order valence-corrected chi connectivity index (χ1v) is 10.5. The molecule has 3 N–H and O–H groups in total. The van der Waals surface area contributed by atoms with Crippen molar-refractivity contribution in [1.82, 2.24) is 15.1 Å². The quantitative estimate of drug-likeness (QED) is 0.567. The molecule has 1 saturated heterocycles. The lowest BCUT2D eigenvalue weighted by Gasteiger charge is -2.34. The van der Waals surface area contributed by atoms with Crippen LogP contribution in [-0.4, -0.2) is 67.5 Å². The summed E-state index contributed by atoms with van der Waals surface area (Å²) >= 11 is 0. The van der Waals surface area contributed by atoms with Crippen LogP contribution in [0.2, 0.25) is 0 Å². The Balaban J connectivity index is 1.31. The highest BCUT2D eigenvalue weighted by Crippen LogP contribution is 2.13. The highest BCUT2D eigenvalue weighted by molar-refractivity contribution is 5.91. The normalized spacial score (nSPS) is 15.1. The number of piperazine rings is 1. The second-order valence-corrected chi connectivity index (χ2v) is 7.55. The zero-order valence-corrected chi connectivity index (χ0v) is 17.7. The van der Waals surface area contributed by atoms with Crippen molar-refractivity contribution in [2.24, 2.45) is 5.73 Å². The van der Waals surface area contributed by atoms with Gasteiger partial charge in [0.15, 0.2) is 6.61 Å². The maximum Gasteiger partial charge on any atom is 0.255 e. The summed E-state index contributed by atoms with van der Waals surface area (Å²) in [6.07, 6.45) is 3.27. The summed E-state index contributed by atoms with van der Waals surface area (Å²) < 4.78 is 5.21. The highest BCUT2D eigenvalue weighted by Gasteiger charge is 2.16. The van der Waals surface area contributed by atoms with Crippen LogP contribution in [0.5, 0.6) is 5.75 Å². The SMILES string of the molecule is NC(=O)COc1ccc(/C=C/C(=O)NCCN2CCN(Cc3ccccc3)CC2)cc1. The molecule has 0 spiro atoms. The zero-order chi connectivity index (χ0) is 21.9. The number of hydrogen-bond acceptors (Lipinski definition) is 5. The van der Waals surface area contributed by atoms with Crippen LogP contribution < -0.4 is 15.8 Å². The average molecular weight is 423 g/mol. The van der Waals surface area contributed by atoms with Crippen molar-refractivity contribution in [1.29, 1.82) is 0 Å². The number of amides is 2. The van der Waals surface area contributed by atoms with Crippen LogP contribution in [-0.2, 0) is 16.1 Å². The largest absolute Gasteiger partial charge is 0.484 e. The van der Waals surface area contributed by atoms with Gasteiger partial charge in [-0.15, -0.1) is 0 Å². The standard InChI is InChI=1S/C24H30N4O3/c25-23(29)19-31-22-9-6-20(7-10-22)8-11-24(30)26-12-13-27-14-16-28(17-15-27)18-21-4-2-1-3-5-21/h1-11H,12-19H2,(H2,25,29)(H,26,30)/b11-8+. The van der Waals surface area contributed by atoms with Gasteiger partial charge in [-0.2, -0.15) is 0 Å². The van der Waals surface area contributed by atoms with E-state index in [2.05, 4.69) is 39.4 Å². The van der Waals surface area contributed by atoms with Crippen molar-refractivity contribution in [2.45, 2.75) is 6.54 Å². The summed E-state index contributed by atoms with van der Waals surface area (Å²) in [5, 5.41) is 2.94. The predicted octanol–water partition coefficient (Wildman–Crippen LogP) is 1.50. The van der Waals surface area contributed by atoms with Crippen molar-refractivity contribution in [3.63, 3.8) is 0 Å². The number of ether oxygens (including phenoxy) is 1. The second-order valence-electron chi connectivity index (χ2n) is 7.55. The Bertz CT molecular complexity index is 860. The van der Waals surface area contributed by atoms with Crippen LogP contribution in [0.25, 0.3) is 6.08 Å². The molecular weight excluding hydrogens is 392 g/mol. The number of hydrogen-bond donors (Lipinski definition) is 2. The smallest absolute Gasteiger partial charge is 0.255 e. The summed E-state index contributed by atoms with van der Waals surface area (Å²) in [6.45, 7) is 6.44. The molecule has 1 aliphatic heterocycles. The molecular formula is C24H30N4O3. The van der Waals surface area contributed by atoms with Gasteiger partial charge in [0.1, 0.15) is 5.75 Å². The van der Waals surface area contributed by atoms with E-state index in [1.165, 1.54) is 11.6 Å². The maximum atomic E-state index is 12.1. The molecule has 1 fully saturated rings. The molecule has 0 bridgehead atoms. The molecule has 7 nitrogen and oxygen atoms in total. The van der Waals surface area contributed by atoms with E-state index in [0.29, 0.717) is 12.3 Å². The van der Waals surface area contributed by atoms with Gasteiger partial charge in [0.2, 0.25) is 5.91 Å². The molecule has 0 unspecified atom stereocenters. The van der Waals surface area contributed by atoms with E-state index >= 15 is 0 Å². The van der Waals surface area contributed by atoms with E-state index in [1.807, 2.05) is 18.2 Å². The Morgan fingerprint density at radius 1 is 0.968 bits per heavy atom. The van der Waals surface area contributed by atoms with Gasteiger partial charge in [0.25, 0.3) is 5.91 Å². The summed E-state index contributed by atoms with van der Waals surface area (Å²) in [7, 11) is 0. The van der Waals surface area contributed by atoms with Crippen LogP contribution in [0.15, 0.2) is 60.7 Å². The molecule has 0 atom stereocenters. The number of nitrogens with one attached hydrogen (secondary N) is 1. The Labute approximate surface area is 183 Å². The molecule has 2 amide bonds. The zero-order valence-electron chi connectivity index (χ0n) is 17.7. The van der Waals surface area contributed by atoms with Gasteiger partial charge in [-0.1, -0.05) is 42.5 Å². The maximum absolute atomic E-state index is 12.1. The number of nitrogens with two attached hydrogens (primary N) is 1. The van der Waals surface area contributed by atoms with Gasteiger partial charge < -0.3 is 15.8 Å². The number of primary amides is 1. The lowest BCUT2D eigenvalue weighted by molar-refractivity contribution is -0.120. The fourth-order valence-corrected chi connectivity index (χ4v) is 3.41. The van der Waals surface area contributed by atoms with Crippen molar-refractivity contribution >= 4 is 17.9 Å². The van der Waals surface area contributed by atoms with E-state index < -0.39 is 5.91 Å². The van der Waals surface area contributed by atoms with Crippen molar-refractivity contribution < 1.29 is 14.3 Å². The lowest BCUT2D eigenvalue weighted by atomic mass is 10.2. The first-order valence-electron chi connectivity index (χ1n) is 10.5. The van der Waals surface area contributed by atoms with E-state index in [1.54, 1.807) is 18.2 Å². The first kappa shape index (κ1) is 22.5. The Morgan fingerprint density at radius 2 is 1.65 bits per heavy atom. The monoisotopic (exact) mass is 422 g/mol. The van der Waals surface area contributed by atoms with Gasteiger partial charge >= 0.3 is 0 Å². The molecule has 31 heavy (non-hydrogen) atoms. The van der Waals surface area contributed by atoms with Crippen LogP contribution >= 0.6 is 0 Å². The van der Waals surface area contributed by atoms with Gasteiger partial charge in [-0.3, -0.25) is 19.4 Å². The summed E-state index contributed by atoms with van der Waals surface area (Å²) in [4.78, 5) is 27.6. The minimum atomic E-state index is -0.519. The molecule has 2 aromatic rings. The van der Waals surface area contributed by atoms with E-state index in [4.69, 9.17) is 10.5 Å². The highest BCUT2D eigenvalue weighted by atomic mass is 16.5. The number of benzene rings is 2. The Morgan fingerprint density at radius 3 is 2.32 bits per heavy atom. The molecule has 0 aliphatic carbocycles. The van der Waals surface area contributed by atoms with Crippen LogP contribution in [0.3, 0.4) is 0 Å². The molecule has 3 rings (SSSR count). The summed E-state index contributed by atoms with van der Waals surface area (Å²) in [5.74, 6) is -0.0734. The third-order valence-electron chi connectivity index (χ3n) is 5.13. The molecule has 7 heteroatoms. The van der Waals surface area contributed by atoms with Gasteiger partial charge in [-0.05, 0) is 29.3 Å². The average Bonchev–Trinajstić information content (AvgIpc) is 2.79. The van der Waals surface area contributed by atoms with Crippen LogP contribution in [0, 0.1) is 0 Å². The summed E-state index contributed by atoms with van der Waals surface area (Å²) in [5.41, 5.74) is 7.27. The van der Waals surface area contributed by atoms with E-state index in [-0.39, 0.29) is 12.5 Å². The van der Waals surface area contributed by atoms with Crippen molar-refractivity contribution in [3.8, 4) is 5.75 Å². The third kappa shape index (κ3) is 8.24. The van der Waals surface area contributed by atoms with Gasteiger partial charge in [0, 0.05) is 51.9 Å². The fraction of sp³-hybridized carbons (Fsp3) is 0.333. The van der Waals surface area contributed by atoms with Gasteiger partial charge in [-0.25, -0.2) is 0 Å². The van der Waals surface area contributed by atoms with E-state index in [9.17, 15) is 9.59 Å². The minimum absolute atomic E-state index is 0.114. The van der Waals surface area contributed by atoms with Gasteiger partial charge in [0.05, 0.1) is 0 Å². The first-order chi connectivity index (χ1) is 15.1. The molecule has 164 valence electrons. The number of carbonyl (C=O) groups is 2. The second kappa shape index (κ2) is 11.9. The third-order valence-corrected chi connectivity index (χ3v) is 5.13. The molecule has 0 radical (unpaired) electrons. The van der Waals surface area contributed by atoms with E-state index in [0.717, 1.165) is 44.8 Å². The van der Waals surface area contributed by atoms with Crippen LogP contribution in [0.4, 0.5) is 0 Å². The number of rotatable bonds is 10. The Kier molecular flexibility index (Phi) is 8.63. The summed E-state index contributed by atoms with van der Waals surface area (Å²) in [6, 6.07) is 17.6. The number of nitrogens with zero attached hydrogens (tertiary/aromatic N) is 2. The number of carbonyl (C=O) groups excluding carboxylic acids is 2. The molecule has 2 aromatic carbocycles. The molecule has 1 aliphatic rings. The Hall–Kier alpha value is -3.16. The van der Waals surface area contributed by atoms with Crippen LogP contribution in [0.1, 0.15) is 11.1 Å². The van der Waals surface area contributed by atoms with Crippen molar-refractivity contribution in [2.75, 3.05) is 45.9 Å². The topological polar surface area (TPSA) is 87.9 Å². The minimum Gasteiger partial charge on any atom is -0.484 e. The molecule has 1 heterocycles. The fourth-order valence-electron chi connectivity index (χ4n) is 3.41. The molecule has 0 aromatic heterocycles. The molecule has 0 saturated carbocycles. The lowest BCUT2D eigenvalue weighted by Crippen LogP contribution is -2.47. The predicted molar refractivity (Wildman–Crippen MR) is 121 cm³/mol.